The molecule has 0 unspecified atom stereocenters. The van der Waals surface area contributed by atoms with Crippen molar-refractivity contribution < 1.29 is 14.3 Å². The van der Waals surface area contributed by atoms with Gasteiger partial charge in [-0.25, -0.2) is 4.98 Å². The van der Waals surface area contributed by atoms with Gasteiger partial charge in [-0.1, -0.05) is 12.1 Å². The number of ether oxygens (including phenoxy) is 1. The molecular formula is C28H26BrN5O4S. The lowest BCUT2D eigenvalue weighted by molar-refractivity contribution is 0.0303. The molecule has 3 heterocycles. The van der Waals surface area contributed by atoms with Crippen molar-refractivity contribution in [2.45, 2.75) is 6.92 Å². The maximum atomic E-state index is 12.9. The minimum Gasteiger partial charge on any atom is -0.378 e. The molecule has 1 fully saturated rings. The minimum absolute atomic E-state index is 0.0463. The van der Waals surface area contributed by atoms with Crippen LogP contribution in [0, 0.1) is 6.92 Å². The van der Waals surface area contributed by atoms with Crippen LogP contribution in [0.5, 0.6) is 0 Å². The zero-order valence-corrected chi connectivity index (χ0v) is 23.8. The Morgan fingerprint density at radius 3 is 2.49 bits per heavy atom. The zero-order chi connectivity index (χ0) is 27.5. The molecule has 0 aliphatic carbocycles. The highest BCUT2D eigenvalue weighted by molar-refractivity contribution is 9.11. The number of aromatic nitrogens is 2. The van der Waals surface area contributed by atoms with Gasteiger partial charge in [0.15, 0.2) is 5.82 Å². The SMILES string of the molecule is Cc1c(NC(=O)c2ccc(Br)s2)cccc1-c1cn(C)c(=O)c(Nc2ccc(C(=O)N3CCOCC3)cc2)n1. The number of nitrogens with one attached hydrogen (secondary N) is 2. The van der Waals surface area contributed by atoms with Crippen LogP contribution in [0.4, 0.5) is 17.2 Å². The summed E-state index contributed by atoms with van der Waals surface area (Å²) in [6, 6.07) is 16.1. The monoisotopic (exact) mass is 607 g/mol. The number of nitrogens with zero attached hydrogens (tertiary/aromatic N) is 3. The van der Waals surface area contributed by atoms with Gasteiger partial charge in [0.2, 0.25) is 0 Å². The second-order valence-electron chi connectivity index (χ2n) is 9.03. The van der Waals surface area contributed by atoms with Crippen LogP contribution in [0.2, 0.25) is 0 Å². The Morgan fingerprint density at radius 2 is 1.79 bits per heavy atom. The summed E-state index contributed by atoms with van der Waals surface area (Å²) in [4.78, 5) is 45.3. The van der Waals surface area contributed by atoms with Crippen molar-refractivity contribution in [3.05, 3.63) is 90.9 Å². The number of morpholine rings is 1. The van der Waals surface area contributed by atoms with E-state index >= 15 is 0 Å². The quantitative estimate of drug-likeness (QED) is 0.318. The molecule has 1 aliphatic heterocycles. The molecule has 5 rings (SSSR count). The number of aryl methyl sites for hydroxylation is 1. The van der Waals surface area contributed by atoms with E-state index in [1.807, 2.05) is 31.2 Å². The highest BCUT2D eigenvalue weighted by Gasteiger charge is 2.19. The summed E-state index contributed by atoms with van der Waals surface area (Å²) >= 11 is 4.74. The fourth-order valence-corrected chi connectivity index (χ4v) is 5.55. The van der Waals surface area contributed by atoms with Crippen LogP contribution in [0.1, 0.15) is 25.6 Å². The summed E-state index contributed by atoms with van der Waals surface area (Å²) in [6.07, 6.45) is 1.67. The fraction of sp³-hybridized carbons (Fsp3) is 0.214. The summed E-state index contributed by atoms with van der Waals surface area (Å²) in [5, 5.41) is 6.07. The molecule has 0 radical (unpaired) electrons. The number of carbonyl (C=O) groups excluding carboxylic acids is 2. The number of hydrogen-bond acceptors (Lipinski definition) is 7. The first-order chi connectivity index (χ1) is 18.8. The molecule has 39 heavy (non-hydrogen) atoms. The van der Waals surface area contributed by atoms with Crippen molar-refractivity contribution >= 4 is 56.3 Å². The minimum atomic E-state index is -0.294. The second-order valence-corrected chi connectivity index (χ2v) is 11.5. The van der Waals surface area contributed by atoms with E-state index in [1.165, 1.54) is 15.9 Å². The molecule has 2 aromatic heterocycles. The lowest BCUT2D eigenvalue weighted by atomic mass is 10.0. The predicted octanol–water partition coefficient (Wildman–Crippen LogP) is 5.05. The first kappa shape index (κ1) is 26.8. The van der Waals surface area contributed by atoms with E-state index in [4.69, 9.17) is 4.74 Å². The Kier molecular flexibility index (Phi) is 7.92. The zero-order valence-electron chi connectivity index (χ0n) is 21.4. The average Bonchev–Trinajstić information content (AvgIpc) is 3.39. The van der Waals surface area contributed by atoms with Crippen LogP contribution in [0.3, 0.4) is 0 Å². The van der Waals surface area contributed by atoms with Gasteiger partial charge in [-0.15, -0.1) is 11.3 Å². The van der Waals surface area contributed by atoms with Gasteiger partial charge in [-0.2, -0.15) is 0 Å². The molecule has 0 saturated carbocycles. The Bertz CT molecular complexity index is 1590. The molecule has 4 aromatic rings. The van der Waals surface area contributed by atoms with Crippen LogP contribution >= 0.6 is 27.3 Å². The molecular weight excluding hydrogens is 582 g/mol. The standard InChI is InChI=1S/C28H26BrN5O4S/c1-17-20(4-3-5-21(17)32-26(35)23-10-11-24(29)39-23)22-16-33(2)28(37)25(31-22)30-19-8-6-18(7-9-19)27(36)34-12-14-38-15-13-34/h3-11,16H,12-15H2,1-2H3,(H,30,31)(H,32,35). The summed E-state index contributed by atoms with van der Waals surface area (Å²) in [5.41, 5.74) is 3.75. The molecule has 0 spiro atoms. The average molecular weight is 609 g/mol. The molecule has 0 bridgehead atoms. The van der Waals surface area contributed by atoms with E-state index in [0.717, 1.165) is 14.9 Å². The molecule has 11 heteroatoms. The fourth-order valence-electron chi connectivity index (χ4n) is 4.27. The summed E-state index contributed by atoms with van der Waals surface area (Å²) in [6.45, 7) is 4.12. The van der Waals surface area contributed by atoms with Crippen molar-refractivity contribution in [1.82, 2.24) is 14.5 Å². The largest absolute Gasteiger partial charge is 0.378 e. The Labute approximate surface area is 237 Å². The Hall–Kier alpha value is -3.80. The number of thiophene rings is 1. The van der Waals surface area contributed by atoms with E-state index in [0.29, 0.717) is 53.8 Å². The van der Waals surface area contributed by atoms with E-state index in [2.05, 4.69) is 31.5 Å². The van der Waals surface area contributed by atoms with Crippen LogP contribution < -0.4 is 16.2 Å². The van der Waals surface area contributed by atoms with Gasteiger partial charge in [0.1, 0.15) is 0 Å². The molecule has 200 valence electrons. The van der Waals surface area contributed by atoms with Gasteiger partial charge in [0.25, 0.3) is 17.4 Å². The third-order valence-electron chi connectivity index (χ3n) is 6.42. The maximum Gasteiger partial charge on any atom is 0.293 e. The van der Waals surface area contributed by atoms with Crippen molar-refractivity contribution in [2.75, 3.05) is 36.9 Å². The Balaban J connectivity index is 1.38. The van der Waals surface area contributed by atoms with Gasteiger partial charge >= 0.3 is 0 Å². The van der Waals surface area contributed by atoms with Crippen molar-refractivity contribution in [1.29, 1.82) is 0 Å². The van der Waals surface area contributed by atoms with E-state index in [9.17, 15) is 14.4 Å². The Morgan fingerprint density at radius 1 is 1.05 bits per heavy atom. The number of rotatable bonds is 6. The van der Waals surface area contributed by atoms with Crippen molar-refractivity contribution in [3.8, 4) is 11.3 Å². The maximum absolute atomic E-state index is 12.9. The number of carbonyl (C=O) groups is 2. The lowest BCUT2D eigenvalue weighted by Gasteiger charge is -2.26. The van der Waals surface area contributed by atoms with Gasteiger partial charge < -0.3 is 24.8 Å². The van der Waals surface area contributed by atoms with E-state index in [-0.39, 0.29) is 23.2 Å². The van der Waals surface area contributed by atoms with Crippen LogP contribution in [0.25, 0.3) is 11.3 Å². The molecule has 1 saturated heterocycles. The third kappa shape index (κ3) is 5.95. The first-order valence-corrected chi connectivity index (χ1v) is 13.9. The first-order valence-electron chi connectivity index (χ1n) is 12.3. The van der Waals surface area contributed by atoms with Gasteiger partial charge in [-0.3, -0.25) is 14.4 Å². The summed E-state index contributed by atoms with van der Waals surface area (Å²) in [7, 11) is 1.67. The lowest BCUT2D eigenvalue weighted by Crippen LogP contribution is -2.40. The third-order valence-corrected chi connectivity index (χ3v) is 8.04. The number of anilines is 3. The predicted molar refractivity (Wildman–Crippen MR) is 156 cm³/mol. The molecule has 1 aliphatic rings. The van der Waals surface area contributed by atoms with Gasteiger partial charge in [0.05, 0.1) is 27.6 Å². The van der Waals surface area contributed by atoms with Crippen molar-refractivity contribution in [2.24, 2.45) is 7.05 Å². The number of benzene rings is 2. The number of halogens is 1. The van der Waals surface area contributed by atoms with Gasteiger partial charge in [0, 0.05) is 48.8 Å². The highest BCUT2D eigenvalue weighted by Crippen LogP contribution is 2.29. The topological polar surface area (TPSA) is 106 Å². The number of hydrogen-bond donors (Lipinski definition) is 2. The van der Waals surface area contributed by atoms with E-state index in [1.54, 1.807) is 48.5 Å². The van der Waals surface area contributed by atoms with Crippen LogP contribution in [0.15, 0.2) is 69.4 Å². The van der Waals surface area contributed by atoms with Gasteiger partial charge in [-0.05, 0) is 70.9 Å². The van der Waals surface area contributed by atoms with Crippen LogP contribution in [-0.2, 0) is 11.8 Å². The number of amides is 2. The summed E-state index contributed by atoms with van der Waals surface area (Å²) < 4.78 is 7.67. The van der Waals surface area contributed by atoms with Crippen molar-refractivity contribution in [3.63, 3.8) is 0 Å². The van der Waals surface area contributed by atoms with Crippen LogP contribution in [-0.4, -0.2) is 52.6 Å². The molecule has 2 N–H and O–H groups in total. The molecule has 9 nitrogen and oxygen atoms in total. The molecule has 2 aromatic carbocycles. The molecule has 0 atom stereocenters. The normalized spacial score (nSPS) is 13.3. The highest BCUT2D eigenvalue weighted by atomic mass is 79.9. The van der Waals surface area contributed by atoms with E-state index < -0.39 is 0 Å². The second kappa shape index (κ2) is 11.5. The smallest absolute Gasteiger partial charge is 0.293 e. The molecule has 2 amide bonds. The summed E-state index contributed by atoms with van der Waals surface area (Å²) in [5.74, 6) is -0.0909.